The molecule has 0 saturated carbocycles. The third-order valence-electron chi connectivity index (χ3n) is 1.03. The molecule has 0 aliphatic heterocycles. The number of nitrogens with zero attached hydrogens (tertiary/aromatic N) is 3. The molecule has 4 heteroatoms. The van der Waals surface area contributed by atoms with Gasteiger partial charge in [-0.15, -0.1) is 0 Å². The first-order chi connectivity index (χ1) is 4.74. The minimum atomic E-state index is -0.193. The maximum absolute atomic E-state index is 10.6. The maximum atomic E-state index is 10.6. The van der Waals surface area contributed by atoms with E-state index in [4.69, 9.17) is 5.26 Å². The number of hydrogen-bond acceptors (Lipinski definition) is 3. The molecule has 0 amide bonds. The second-order valence-electron chi connectivity index (χ2n) is 1.80. The molecular weight excluding hydrogens is 130 g/mol. The van der Waals surface area contributed by atoms with Crippen molar-refractivity contribution in [3.05, 3.63) is 18.0 Å². The van der Waals surface area contributed by atoms with Crippen LogP contribution in [0.15, 0.2) is 12.4 Å². The van der Waals surface area contributed by atoms with Crippen molar-refractivity contribution in [1.29, 1.82) is 5.26 Å². The minimum absolute atomic E-state index is 0.193. The van der Waals surface area contributed by atoms with E-state index in [1.807, 2.05) is 6.07 Å². The molecule has 0 fully saturated rings. The number of hydrogen-bond donors (Lipinski definition) is 0. The SMILES string of the molecule is CC(=O)n1cc(C#N)cn1. The maximum Gasteiger partial charge on any atom is 0.243 e. The van der Waals surface area contributed by atoms with E-state index >= 15 is 0 Å². The molecule has 10 heavy (non-hydrogen) atoms. The first-order valence-corrected chi connectivity index (χ1v) is 2.70. The molecule has 1 aromatic rings. The minimum Gasteiger partial charge on any atom is -0.273 e. The number of carbonyl (C=O) groups excluding carboxylic acids is 1. The van der Waals surface area contributed by atoms with E-state index in [9.17, 15) is 4.79 Å². The van der Waals surface area contributed by atoms with E-state index in [-0.39, 0.29) is 5.91 Å². The summed E-state index contributed by atoms with van der Waals surface area (Å²) in [5, 5.41) is 11.9. The zero-order valence-electron chi connectivity index (χ0n) is 5.40. The van der Waals surface area contributed by atoms with Gasteiger partial charge in [0.15, 0.2) is 0 Å². The zero-order chi connectivity index (χ0) is 7.56. The highest BCUT2D eigenvalue weighted by Gasteiger charge is 1.98. The van der Waals surface area contributed by atoms with Gasteiger partial charge < -0.3 is 0 Å². The molecule has 0 aromatic carbocycles. The standard InChI is InChI=1S/C6H5N3O/c1-5(10)9-4-6(2-7)3-8-9/h3-4H,1H3. The summed E-state index contributed by atoms with van der Waals surface area (Å²) in [4.78, 5) is 10.6. The Hall–Kier alpha value is -1.63. The fraction of sp³-hybridized carbons (Fsp3) is 0.167. The van der Waals surface area contributed by atoms with E-state index in [1.54, 1.807) is 0 Å². The molecule has 0 saturated heterocycles. The first kappa shape index (κ1) is 6.49. The van der Waals surface area contributed by atoms with Crippen LogP contribution in [0, 0.1) is 11.3 Å². The van der Waals surface area contributed by atoms with Gasteiger partial charge in [-0.1, -0.05) is 0 Å². The third kappa shape index (κ3) is 1.03. The molecule has 50 valence electrons. The lowest BCUT2D eigenvalue weighted by atomic mass is 10.4. The summed E-state index contributed by atoms with van der Waals surface area (Å²) in [6, 6.07) is 1.87. The Morgan fingerprint density at radius 2 is 2.60 bits per heavy atom. The number of carbonyl (C=O) groups is 1. The van der Waals surface area contributed by atoms with Crippen molar-refractivity contribution in [3.8, 4) is 6.07 Å². The lowest BCUT2D eigenvalue weighted by Crippen LogP contribution is -2.04. The largest absolute Gasteiger partial charge is 0.273 e. The topological polar surface area (TPSA) is 58.7 Å². The average Bonchev–Trinajstić information content (AvgIpc) is 2.34. The van der Waals surface area contributed by atoms with Gasteiger partial charge in [0.25, 0.3) is 0 Å². The molecular formula is C6H5N3O. The van der Waals surface area contributed by atoms with Gasteiger partial charge in [-0.3, -0.25) is 4.79 Å². The molecule has 0 atom stereocenters. The van der Waals surface area contributed by atoms with Crippen molar-refractivity contribution in [2.75, 3.05) is 0 Å². The van der Waals surface area contributed by atoms with Crippen LogP contribution in [0.1, 0.15) is 17.3 Å². The van der Waals surface area contributed by atoms with Crippen LogP contribution in [-0.2, 0) is 0 Å². The van der Waals surface area contributed by atoms with E-state index in [2.05, 4.69) is 5.10 Å². The summed E-state index contributed by atoms with van der Waals surface area (Å²) >= 11 is 0. The predicted octanol–water partition coefficient (Wildman–Crippen LogP) is 0.415. The van der Waals surface area contributed by atoms with Gasteiger partial charge in [-0.2, -0.15) is 10.4 Å². The molecule has 0 unspecified atom stereocenters. The van der Waals surface area contributed by atoms with Crippen molar-refractivity contribution >= 4 is 5.91 Å². The second-order valence-corrected chi connectivity index (χ2v) is 1.80. The van der Waals surface area contributed by atoms with Crippen LogP contribution in [0.25, 0.3) is 0 Å². The Labute approximate surface area is 57.7 Å². The van der Waals surface area contributed by atoms with Gasteiger partial charge in [-0.05, 0) is 0 Å². The molecule has 0 N–H and O–H groups in total. The molecule has 0 radical (unpaired) electrons. The van der Waals surface area contributed by atoms with Crippen LogP contribution in [0.5, 0.6) is 0 Å². The van der Waals surface area contributed by atoms with Crippen molar-refractivity contribution in [2.45, 2.75) is 6.92 Å². The summed E-state index contributed by atoms with van der Waals surface area (Å²) in [5.41, 5.74) is 0.398. The molecule has 1 aromatic heterocycles. The van der Waals surface area contributed by atoms with Crippen LogP contribution in [0.2, 0.25) is 0 Å². The molecule has 0 aliphatic carbocycles. The van der Waals surface area contributed by atoms with Gasteiger partial charge in [0.2, 0.25) is 5.91 Å². The Kier molecular flexibility index (Phi) is 1.50. The van der Waals surface area contributed by atoms with E-state index in [0.717, 1.165) is 4.68 Å². The van der Waals surface area contributed by atoms with Gasteiger partial charge >= 0.3 is 0 Å². The van der Waals surface area contributed by atoms with Crippen molar-refractivity contribution in [1.82, 2.24) is 9.78 Å². The molecule has 1 heterocycles. The average molecular weight is 135 g/mol. The van der Waals surface area contributed by atoms with Crippen LogP contribution in [0.4, 0.5) is 0 Å². The van der Waals surface area contributed by atoms with Gasteiger partial charge in [0, 0.05) is 6.92 Å². The summed E-state index contributed by atoms with van der Waals surface area (Å²) in [6.07, 6.45) is 2.74. The van der Waals surface area contributed by atoms with Gasteiger partial charge in [-0.25, -0.2) is 4.68 Å². The fourth-order valence-electron chi connectivity index (χ4n) is 0.553. The van der Waals surface area contributed by atoms with Crippen LogP contribution in [-0.4, -0.2) is 15.7 Å². The van der Waals surface area contributed by atoms with Crippen molar-refractivity contribution in [3.63, 3.8) is 0 Å². The van der Waals surface area contributed by atoms with Crippen LogP contribution >= 0.6 is 0 Å². The normalized spacial score (nSPS) is 8.80. The van der Waals surface area contributed by atoms with E-state index in [0.29, 0.717) is 5.56 Å². The first-order valence-electron chi connectivity index (χ1n) is 2.70. The second kappa shape index (κ2) is 2.31. The fourth-order valence-corrected chi connectivity index (χ4v) is 0.553. The van der Waals surface area contributed by atoms with Crippen molar-refractivity contribution in [2.24, 2.45) is 0 Å². The summed E-state index contributed by atoms with van der Waals surface area (Å²) in [7, 11) is 0. The van der Waals surface area contributed by atoms with Crippen LogP contribution in [0.3, 0.4) is 0 Å². The smallest absolute Gasteiger partial charge is 0.243 e. The highest BCUT2D eigenvalue weighted by molar-refractivity contribution is 5.75. The Bertz CT molecular complexity index is 294. The summed E-state index contributed by atoms with van der Waals surface area (Å²) in [6.45, 7) is 1.38. The Balaban J connectivity index is 3.02. The molecule has 0 bridgehead atoms. The monoisotopic (exact) mass is 135 g/mol. The molecule has 1 rings (SSSR count). The summed E-state index contributed by atoms with van der Waals surface area (Å²) in [5.74, 6) is -0.193. The molecule has 0 aliphatic rings. The Morgan fingerprint density at radius 3 is 2.90 bits per heavy atom. The number of rotatable bonds is 0. The quantitative estimate of drug-likeness (QED) is 0.517. The van der Waals surface area contributed by atoms with E-state index < -0.39 is 0 Å². The van der Waals surface area contributed by atoms with Gasteiger partial charge in [0.05, 0.1) is 18.0 Å². The molecule has 0 spiro atoms. The number of aromatic nitrogens is 2. The lowest BCUT2D eigenvalue weighted by molar-refractivity contribution is 0.0921. The molecule has 4 nitrogen and oxygen atoms in total. The number of nitriles is 1. The van der Waals surface area contributed by atoms with Crippen molar-refractivity contribution < 1.29 is 4.79 Å². The predicted molar refractivity (Wildman–Crippen MR) is 33.2 cm³/mol. The van der Waals surface area contributed by atoms with E-state index in [1.165, 1.54) is 19.3 Å². The third-order valence-corrected chi connectivity index (χ3v) is 1.03. The van der Waals surface area contributed by atoms with Gasteiger partial charge in [0.1, 0.15) is 6.07 Å². The Morgan fingerprint density at radius 1 is 1.90 bits per heavy atom. The summed E-state index contributed by atoms with van der Waals surface area (Å²) < 4.78 is 1.12. The van der Waals surface area contributed by atoms with Crippen LogP contribution < -0.4 is 0 Å². The zero-order valence-corrected chi connectivity index (χ0v) is 5.40. The highest BCUT2D eigenvalue weighted by atomic mass is 16.2. The lowest BCUT2D eigenvalue weighted by Gasteiger charge is -1.87. The highest BCUT2D eigenvalue weighted by Crippen LogP contribution is 1.93.